The quantitative estimate of drug-likeness (QED) is 0.612. The summed E-state index contributed by atoms with van der Waals surface area (Å²) >= 11 is 0. The highest BCUT2D eigenvalue weighted by Gasteiger charge is 2.28. The zero-order valence-electron chi connectivity index (χ0n) is 18.8. The molecule has 32 heavy (non-hydrogen) atoms. The minimum atomic E-state index is -3.80. The zero-order chi connectivity index (χ0) is 23.1. The lowest BCUT2D eigenvalue weighted by atomic mass is 10.1. The van der Waals surface area contributed by atoms with E-state index in [0.29, 0.717) is 18.8 Å². The molecule has 2 aromatic rings. The largest absolute Gasteiger partial charge is 0.497 e. The summed E-state index contributed by atoms with van der Waals surface area (Å²) in [4.78, 5) is 16.9. The predicted octanol–water partition coefficient (Wildman–Crippen LogP) is 1.76. The number of piperazine rings is 1. The first-order valence-electron chi connectivity index (χ1n) is 10.6. The van der Waals surface area contributed by atoms with Gasteiger partial charge in [-0.25, -0.2) is 8.42 Å². The Labute approximate surface area is 190 Å². The van der Waals surface area contributed by atoms with Gasteiger partial charge in [0.15, 0.2) is 0 Å². The zero-order valence-corrected chi connectivity index (χ0v) is 19.6. The van der Waals surface area contributed by atoms with Gasteiger partial charge in [-0.1, -0.05) is 12.1 Å². The Kier molecular flexibility index (Phi) is 8.11. The van der Waals surface area contributed by atoms with E-state index in [4.69, 9.17) is 9.47 Å². The number of ether oxygens (including phenoxy) is 2. The smallest absolute Gasteiger partial charge is 0.241 e. The molecule has 0 aliphatic carbocycles. The van der Waals surface area contributed by atoms with E-state index in [1.54, 1.807) is 31.1 Å². The van der Waals surface area contributed by atoms with Crippen LogP contribution in [0, 0.1) is 0 Å². The van der Waals surface area contributed by atoms with Gasteiger partial charge in [0.2, 0.25) is 15.9 Å². The van der Waals surface area contributed by atoms with Crippen molar-refractivity contribution in [1.82, 2.24) is 14.5 Å². The summed E-state index contributed by atoms with van der Waals surface area (Å²) in [5, 5.41) is 0. The summed E-state index contributed by atoms with van der Waals surface area (Å²) in [5.74, 6) is 1.20. The van der Waals surface area contributed by atoms with Crippen LogP contribution in [0.25, 0.3) is 0 Å². The molecule has 0 spiro atoms. The van der Waals surface area contributed by atoms with Crippen LogP contribution in [-0.4, -0.2) is 77.1 Å². The number of amides is 1. The summed E-state index contributed by atoms with van der Waals surface area (Å²) in [6.45, 7) is 5.18. The van der Waals surface area contributed by atoms with E-state index in [0.717, 1.165) is 31.8 Å². The van der Waals surface area contributed by atoms with E-state index in [1.807, 2.05) is 12.1 Å². The van der Waals surface area contributed by atoms with Gasteiger partial charge in [-0.3, -0.25) is 9.69 Å². The lowest BCUT2D eigenvalue weighted by molar-refractivity contribution is -0.134. The molecule has 9 heteroatoms. The fraction of sp³-hybridized carbons (Fsp3) is 0.435. The third-order valence-corrected chi connectivity index (χ3v) is 7.19. The maximum Gasteiger partial charge on any atom is 0.241 e. The van der Waals surface area contributed by atoms with Crippen LogP contribution in [0.1, 0.15) is 12.5 Å². The number of hydrogen-bond acceptors (Lipinski definition) is 6. The Morgan fingerprint density at radius 1 is 0.938 bits per heavy atom. The first-order valence-corrected chi connectivity index (χ1v) is 12.1. The number of nitrogens with zero attached hydrogens (tertiary/aromatic N) is 2. The van der Waals surface area contributed by atoms with Crippen LogP contribution in [0.15, 0.2) is 53.4 Å². The Morgan fingerprint density at radius 2 is 1.47 bits per heavy atom. The molecule has 0 bridgehead atoms. The number of rotatable bonds is 9. The predicted molar refractivity (Wildman–Crippen MR) is 122 cm³/mol. The van der Waals surface area contributed by atoms with Gasteiger partial charge in [0.1, 0.15) is 11.5 Å². The molecule has 1 heterocycles. The van der Waals surface area contributed by atoms with E-state index in [1.165, 1.54) is 24.8 Å². The average molecular weight is 462 g/mol. The van der Waals surface area contributed by atoms with Crippen molar-refractivity contribution in [2.75, 3.05) is 46.9 Å². The molecule has 1 atom stereocenters. The second kappa shape index (κ2) is 10.8. The molecule has 1 N–H and O–H groups in total. The second-order valence-corrected chi connectivity index (χ2v) is 9.50. The Morgan fingerprint density at radius 3 is 2.00 bits per heavy atom. The Hall–Kier alpha value is -2.62. The molecule has 2 aromatic carbocycles. The highest BCUT2D eigenvalue weighted by molar-refractivity contribution is 7.89. The molecule has 1 aliphatic rings. The number of sulfonamides is 1. The molecule has 0 unspecified atom stereocenters. The molecule has 174 valence electrons. The van der Waals surface area contributed by atoms with Gasteiger partial charge in [-0.2, -0.15) is 4.72 Å². The van der Waals surface area contributed by atoms with Gasteiger partial charge in [0, 0.05) is 32.7 Å². The van der Waals surface area contributed by atoms with Gasteiger partial charge < -0.3 is 14.4 Å². The topological polar surface area (TPSA) is 88.2 Å². The van der Waals surface area contributed by atoms with Gasteiger partial charge in [0.05, 0.1) is 25.2 Å². The van der Waals surface area contributed by atoms with Crippen molar-refractivity contribution in [2.45, 2.75) is 24.3 Å². The van der Waals surface area contributed by atoms with Crippen LogP contribution in [0.3, 0.4) is 0 Å². The number of methoxy groups -OCH3 is 2. The van der Waals surface area contributed by atoms with Crippen LogP contribution in [-0.2, 0) is 21.2 Å². The lowest BCUT2D eigenvalue weighted by Gasteiger charge is -2.36. The number of carbonyl (C=O) groups excluding carboxylic acids is 1. The van der Waals surface area contributed by atoms with Crippen molar-refractivity contribution in [2.24, 2.45) is 0 Å². The monoisotopic (exact) mass is 461 g/mol. The Balaban J connectivity index is 1.47. The van der Waals surface area contributed by atoms with E-state index in [2.05, 4.69) is 21.8 Å². The van der Waals surface area contributed by atoms with Crippen molar-refractivity contribution >= 4 is 15.9 Å². The molecule has 0 radical (unpaired) electrons. The summed E-state index contributed by atoms with van der Waals surface area (Å²) in [6, 6.07) is 13.3. The molecular weight excluding hydrogens is 430 g/mol. The van der Waals surface area contributed by atoms with Gasteiger partial charge in [0.25, 0.3) is 0 Å². The highest BCUT2D eigenvalue weighted by atomic mass is 32.2. The Bertz CT molecular complexity index is 985. The van der Waals surface area contributed by atoms with E-state index in [9.17, 15) is 13.2 Å². The SMILES string of the molecule is COc1ccc(CCN2CCN(C(=O)[C@H](C)NS(=O)(=O)c3ccc(OC)cc3)CC2)cc1. The standard InChI is InChI=1S/C23H31N3O5S/c1-18(24-32(28,29)22-10-8-21(31-3)9-11-22)23(27)26-16-14-25(15-17-26)13-12-19-4-6-20(30-2)7-5-19/h4-11,18,24H,12-17H2,1-3H3/t18-/m0/s1. The third-order valence-electron chi connectivity index (χ3n) is 5.63. The molecule has 1 amide bonds. The van der Waals surface area contributed by atoms with Crippen molar-refractivity contribution < 1.29 is 22.7 Å². The lowest BCUT2D eigenvalue weighted by Crippen LogP contribution is -2.54. The maximum absolute atomic E-state index is 12.8. The van der Waals surface area contributed by atoms with E-state index >= 15 is 0 Å². The summed E-state index contributed by atoms with van der Waals surface area (Å²) in [7, 11) is -0.627. The molecular formula is C23H31N3O5S. The summed E-state index contributed by atoms with van der Waals surface area (Å²) < 4.78 is 37.9. The van der Waals surface area contributed by atoms with Gasteiger partial charge >= 0.3 is 0 Å². The second-order valence-electron chi connectivity index (χ2n) is 7.78. The molecule has 3 rings (SSSR count). The number of carbonyl (C=O) groups is 1. The van der Waals surface area contributed by atoms with Crippen LogP contribution in [0.5, 0.6) is 11.5 Å². The van der Waals surface area contributed by atoms with Crippen molar-refractivity contribution in [1.29, 1.82) is 0 Å². The summed E-state index contributed by atoms with van der Waals surface area (Å²) in [6.07, 6.45) is 0.927. The summed E-state index contributed by atoms with van der Waals surface area (Å²) in [5.41, 5.74) is 1.24. The number of nitrogens with one attached hydrogen (secondary N) is 1. The van der Waals surface area contributed by atoms with E-state index in [-0.39, 0.29) is 10.8 Å². The van der Waals surface area contributed by atoms with Crippen LogP contribution >= 0.6 is 0 Å². The molecule has 1 fully saturated rings. The fourth-order valence-electron chi connectivity index (χ4n) is 3.65. The van der Waals surface area contributed by atoms with Crippen molar-refractivity contribution in [3.05, 3.63) is 54.1 Å². The maximum atomic E-state index is 12.8. The molecule has 0 saturated carbocycles. The first-order chi connectivity index (χ1) is 15.3. The molecule has 1 saturated heterocycles. The average Bonchev–Trinajstić information content (AvgIpc) is 2.82. The minimum absolute atomic E-state index is 0.0984. The highest BCUT2D eigenvalue weighted by Crippen LogP contribution is 2.16. The molecule has 0 aromatic heterocycles. The van der Waals surface area contributed by atoms with Gasteiger partial charge in [-0.05, 0) is 55.3 Å². The minimum Gasteiger partial charge on any atom is -0.497 e. The molecule has 8 nitrogen and oxygen atoms in total. The van der Waals surface area contributed by atoms with E-state index < -0.39 is 16.1 Å². The molecule has 1 aliphatic heterocycles. The van der Waals surface area contributed by atoms with Crippen molar-refractivity contribution in [3.8, 4) is 11.5 Å². The van der Waals surface area contributed by atoms with Gasteiger partial charge in [-0.15, -0.1) is 0 Å². The fourth-order valence-corrected chi connectivity index (χ4v) is 4.85. The third kappa shape index (κ3) is 6.21. The number of benzene rings is 2. The van der Waals surface area contributed by atoms with Crippen LogP contribution < -0.4 is 14.2 Å². The van der Waals surface area contributed by atoms with Crippen LogP contribution in [0.2, 0.25) is 0 Å². The first kappa shape index (κ1) is 24.0. The normalized spacial score (nSPS) is 15.9. The van der Waals surface area contributed by atoms with Crippen LogP contribution in [0.4, 0.5) is 0 Å². The van der Waals surface area contributed by atoms with Crippen molar-refractivity contribution in [3.63, 3.8) is 0 Å². The number of hydrogen-bond donors (Lipinski definition) is 1.